The number of carbonyl (C=O) groups is 1. The van der Waals surface area contributed by atoms with E-state index >= 15 is 0 Å². The molecule has 0 aromatic rings. The van der Waals surface area contributed by atoms with Crippen LogP contribution in [0.4, 0.5) is 4.79 Å². The van der Waals surface area contributed by atoms with Gasteiger partial charge in [-0.1, -0.05) is 0 Å². The van der Waals surface area contributed by atoms with Crippen LogP contribution in [0.1, 0.15) is 52.4 Å². The minimum Gasteiger partial charge on any atom is -0.394 e. The van der Waals surface area contributed by atoms with Gasteiger partial charge in [-0.15, -0.1) is 0 Å². The van der Waals surface area contributed by atoms with Gasteiger partial charge in [0.05, 0.1) is 12.1 Å². The highest BCUT2D eigenvalue weighted by Crippen LogP contribution is 2.55. The molecule has 0 saturated heterocycles. The summed E-state index contributed by atoms with van der Waals surface area (Å²) >= 11 is 0. The van der Waals surface area contributed by atoms with Gasteiger partial charge in [0, 0.05) is 12.6 Å². The lowest BCUT2D eigenvalue weighted by Gasteiger charge is -2.57. The third kappa shape index (κ3) is 2.32. The van der Waals surface area contributed by atoms with Crippen LogP contribution in [0, 0.1) is 17.8 Å². The number of aliphatic hydroxyl groups excluding tert-OH is 1. The Morgan fingerprint density at radius 2 is 1.65 bits per heavy atom. The van der Waals surface area contributed by atoms with Crippen LogP contribution in [-0.4, -0.2) is 40.8 Å². The molecule has 4 saturated carbocycles. The Morgan fingerprint density at radius 3 is 2.05 bits per heavy atom. The summed E-state index contributed by atoms with van der Waals surface area (Å²) < 4.78 is 0. The van der Waals surface area contributed by atoms with Gasteiger partial charge in [-0.2, -0.15) is 0 Å². The minimum atomic E-state index is -0.508. The molecule has 0 radical (unpaired) electrons. The summed E-state index contributed by atoms with van der Waals surface area (Å²) in [6.07, 6.45) is 7.64. The van der Waals surface area contributed by atoms with Crippen LogP contribution in [-0.2, 0) is 0 Å². The molecule has 4 rings (SSSR count). The molecule has 20 heavy (non-hydrogen) atoms. The number of rotatable bonds is 3. The number of likely N-dealkylation sites (N-methyl/N-ethyl adjacent to an activating group) is 1. The first-order chi connectivity index (χ1) is 9.33. The lowest BCUT2D eigenvalue weighted by molar-refractivity contribution is -0.0179. The van der Waals surface area contributed by atoms with Crippen molar-refractivity contribution < 1.29 is 9.90 Å². The highest BCUT2D eigenvalue weighted by molar-refractivity contribution is 5.75. The maximum Gasteiger partial charge on any atom is 0.318 e. The summed E-state index contributed by atoms with van der Waals surface area (Å²) in [5, 5.41) is 12.8. The van der Waals surface area contributed by atoms with E-state index in [0.29, 0.717) is 0 Å². The van der Waals surface area contributed by atoms with E-state index in [-0.39, 0.29) is 18.2 Å². The number of hydrogen-bond donors (Lipinski definition) is 2. The fourth-order valence-corrected chi connectivity index (χ4v) is 4.96. The molecule has 114 valence electrons. The quantitative estimate of drug-likeness (QED) is 0.834. The van der Waals surface area contributed by atoms with Crippen molar-refractivity contribution in [2.75, 3.05) is 13.7 Å². The van der Waals surface area contributed by atoms with Crippen molar-refractivity contribution in [3.63, 3.8) is 0 Å². The third-order valence-electron chi connectivity index (χ3n) is 6.01. The summed E-state index contributed by atoms with van der Waals surface area (Å²) in [4.78, 5) is 14.2. The molecule has 0 aromatic carbocycles. The van der Waals surface area contributed by atoms with E-state index in [1.54, 1.807) is 11.9 Å². The van der Waals surface area contributed by atoms with Crippen molar-refractivity contribution in [2.24, 2.45) is 17.8 Å². The van der Waals surface area contributed by atoms with Crippen LogP contribution < -0.4 is 5.32 Å². The summed E-state index contributed by atoms with van der Waals surface area (Å²) in [6, 6.07) is -0.0222. The van der Waals surface area contributed by atoms with Crippen molar-refractivity contribution in [3.05, 3.63) is 0 Å². The van der Waals surface area contributed by atoms with Crippen molar-refractivity contribution in [2.45, 2.75) is 63.5 Å². The number of aliphatic hydroxyl groups is 1. The Labute approximate surface area is 121 Å². The number of hydrogen-bond acceptors (Lipinski definition) is 2. The zero-order chi connectivity index (χ0) is 14.5. The Balaban J connectivity index is 1.70. The molecule has 2 amide bonds. The summed E-state index contributed by atoms with van der Waals surface area (Å²) in [5.41, 5.74) is -0.460. The van der Waals surface area contributed by atoms with E-state index in [1.807, 2.05) is 13.8 Å². The predicted octanol–water partition coefficient (Wildman–Crippen LogP) is 2.37. The van der Waals surface area contributed by atoms with E-state index < -0.39 is 5.54 Å². The van der Waals surface area contributed by atoms with Crippen LogP contribution in [0.2, 0.25) is 0 Å². The largest absolute Gasteiger partial charge is 0.394 e. The minimum absolute atomic E-state index is 0.0161. The van der Waals surface area contributed by atoms with Crippen molar-refractivity contribution in [1.82, 2.24) is 10.2 Å². The number of nitrogens with one attached hydrogen (secondary N) is 1. The molecule has 0 aliphatic heterocycles. The first kappa shape index (κ1) is 14.2. The van der Waals surface area contributed by atoms with Crippen molar-refractivity contribution >= 4 is 6.03 Å². The van der Waals surface area contributed by atoms with Crippen LogP contribution >= 0.6 is 0 Å². The second kappa shape index (κ2) is 4.62. The van der Waals surface area contributed by atoms with Crippen LogP contribution in [0.15, 0.2) is 0 Å². The van der Waals surface area contributed by atoms with E-state index in [1.165, 1.54) is 38.5 Å². The standard InChI is InChI=1S/C16H28N2O2/c1-15(2,10-19)18(3)14(20)17-16-7-11-4-12(8-16)6-13(5-11)9-16/h11-13,19H,4-10H2,1-3H3,(H,17,20). The lowest BCUT2D eigenvalue weighted by Crippen LogP contribution is -2.63. The molecule has 0 spiro atoms. The second-order valence-corrected chi connectivity index (χ2v) is 8.16. The zero-order valence-electron chi connectivity index (χ0n) is 13.0. The van der Waals surface area contributed by atoms with Crippen molar-refractivity contribution in [1.29, 1.82) is 0 Å². The average molecular weight is 280 g/mol. The maximum atomic E-state index is 12.5. The molecule has 4 aliphatic carbocycles. The fourth-order valence-electron chi connectivity index (χ4n) is 4.96. The Bertz CT molecular complexity index is 370. The smallest absolute Gasteiger partial charge is 0.318 e. The number of amides is 2. The average Bonchev–Trinajstić information content (AvgIpc) is 2.35. The molecule has 0 heterocycles. The maximum absolute atomic E-state index is 12.5. The second-order valence-electron chi connectivity index (χ2n) is 8.16. The van der Waals surface area contributed by atoms with Gasteiger partial charge in [-0.3, -0.25) is 0 Å². The van der Waals surface area contributed by atoms with Gasteiger partial charge in [0.1, 0.15) is 0 Å². The van der Waals surface area contributed by atoms with E-state index in [2.05, 4.69) is 5.32 Å². The first-order valence-electron chi connectivity index (χ1n) is 8.00. The molecule has 4 nitrogen and oxygen atoms in total. The molecule has 4 fully saturated rings. The van der Waals surface area contributed by atoms with Crippen LogP contribution in [0.25, 0.3) is 0 Å². The molecule has 4 bridgehead atoms. The zero-order valence-corrected chi connectivity index (χ0v) is 13.0. The highest BCUT2D eigenvalue weighted by Gasteiger charge is 2.52. The van der Waals surface area contributed by atoms with Gasteiger partial charge in [0.25, 0.3) is 0 Å². The SMILES string of the molecule is CN(C(=O)NC12CC3CC(CC(C3)C1)C2)C(C)(C)CO. The van der Waals surface area contributed by atoms with Gasteiger partial charge in [-0.05, 0) is 70.1 Å². The van der Waals surface area contributed by atoms with Gasteiger partial charge in [0.15, 0.2) is 0 Å². The Hall–Kier alpha value is -0.770. The monoisotopic (exact) mass is 280 g/mol. The number of urea groups is 1. The topological polar surface area (TPSA) is 52.6 Å². The van der Waals surface area contributed by atoms with Gasteiger partial charge in [-0.25, -0.2) is 4.79 Å². The van der Waals surface area contributed by atoms with E-state index in [4.69, 9.17) is 0 Å². The van der Waals surface area contributed by atoms with Gasteiger partial charge in [0.2, 0.25) is 0 Å². The summed E-state index contributed by atoms with van der Waals surface area (Å²) in [7, 11) is 1.78. The number of nitrogens with zero attached hydrogens (tertiary/aromatic N) is 1. The van der Waals surface area contributed by atoms with E-state index in [9.17, 15) is 9.90 Å². The van der Waals surface area contributed by atoms with Gasteiger partial charge >= 0.3 is 6.03 Å². The first-order valence-corrected chi connectivity index (χ1v) is 8.00. The number of carbonyl (C=O) groups excluding carboxylic acids is 1. The van der Waals surface area contributed by atoms with Gasteiger partial charge < -0.3 is 15.3 Å². The van der Waals surface area contributed by atoms with E-state index in [0.717, 1.165) is 17.8 Å². The molecule has 0 atom stereocenters. The predicted molar refractivity (Wildman–Crippen MR) is 78.4 cm³/mol. The molecule has 4 aliphatic rings. The fraction of sp³-hybridized carbons (Fsp3) is 0.938. The summed E-state index contributed by atoms with van der Waals surface area (Å²) in [6.45, 7) is 3.77. The van der Waals surface area contributed by atoms with Crippen molar-refractivity contribution in [3.8, 4) is 0 Å². The molecule has 0 aromatic heterocycles. The lowest BCUT2D eigenvalue weighted by atomic mass is 9.53. The molecule has 0 unspecified atom stereocenters. The Kier molecular flexibility index (Phi) is 3.27. The highest BCUT2D eigenvalue weighted by atomic mass is 16.3. The molecular formula is C16H28N2O2. The molecule has 2 N–H and O–H groups in total. The van der Waals surface area contributed by atoms with Crippen LogP contribution in [0.5, 0.6) is 0 Å². The normalized spacial score (nSPS) is 38.9. The summed E-state index contributed by atoms with van der Waals surface area (Å²) in [5.74, 6) is 2.49. The Morgan fingerprint density at radius 1 is 1.20 bits per heavy atom. The van der Waals surface area contributed by atoms with Crippen LogP contribution in [0.3, 0.4) is 0 Å². The molecule has 4 heteroatoms. The third-order valence-corrected chi connectivity index (χ3v) is 6.01. The molecular weight excluding hydrogens is 252 g/mol.